The SMILES string of the molecule is CNCc1c(N2CCC(C)C2)nc2ccccn12. The van der Waals surface area contributed by atoms with Crippen LogP contribution in [0.25, 0.3) is 5.65 Å². The molecule has 0 aromatic carbocycles. The van der Waals surface area contributed by atoms with Gasteiger partial charge in [-0.15, -0.1) is 0 Å². The molecule has 1 fully saturated rings. The Kier molecular flexibility index (Phi) is 2.96. The summed E-state index contributed by atoms with van der Waals surface area (Å²) in [6, 6.07) is 6.17. The van der Waals surface area contributed by atoms with Crippen molar-refractivity contribution in [2.24, 2.45) is 5.92 Å². The molecular formula is C14H20N4. The van der Waals surface area contributed by atoms with Gasteiger partial charge in [0.25, 0.3) is 0 Å². The average molecular weight is 244 g/mol. The Morgan fingerprint density at radius 1 is 1.44 bits per heavy atom. The molecule has 1 atom stereocenters. The highest BCUT2D eigenvalue weighted by atomic mass is 15.2. The van der Waals surface area contributed by atoms with Crippen molar-refractivity contribution in [1.82, 2.24) is 14.7 Å². The fourth-order valence-electron chi connectivity index (χ4n) is 2.75. The molecule has 3 rings (SSSR count). The molecule has 0 saturated carbocycles. The molecule has 0 amide bonds. The van der Waals surface area contributed by atoms with Crippen molar-refractivity contribution >= 4 is 11.5 Å². The fraction of sp³-hybridized carbons (Fsp3) is 0.500. The molecule has 0 aliphatic carbocycles. The van der Waals surface area contributed by atoms with Crippen molar-refractivity contribution in [3.63, 3.8) is 0 Å². The van der Waals surface area contributed by atoms with Gasteiger partial charge in [-0.05, 0) is 31.5 Å². The molecule has 18 heavy (non-hydrogen) atoms. The molecule has 0 spiro atoms. The minimum absolute atomic E-state index is 0.775. The first kappa shape index (κ1) is 11.5. The standard InChI is InChI=1S/C14H20N4/c1-11-6-8-17(10-11)14-12(9-15-2)18-7-4-3-5-13(18)16-14/h3-5,7,11,15H,6,8-10H2,1-2H3. The number of anilines is 1. The van der Waals surface area contributed by atoms with Gasteiger partial charge in [0, 0.05) is 25.8 Å². The average Bonchev–Trinajstić information content (AvgIpc) is 2.95. The Hall–Kier alpha value is -1.55. The summed E-state index contributed by atoms with van der Waals surface area (Å²) in [6.07, 6.45) is 3.37. The van der Waals surface area contributed by atoms with E-state index in [0.717, 1.165) is 37.0 Å². The normalized spacial score (nSPS) is 19.9. The Balaban J connectivity index is 2.06. The zero-order valence-electron chi connectivity index (χ0n) is 11.1. The molecule has 4 nitrogen and oxygen atoms in total. The third kappa shape index (κ3) is 1.86. The van der Waals surface area contributed by atoms with Gasteiger partial charge in [0.2, 0.25) is 0 Å². The Bertz CT molecular complexity index is 546. The van der Waals surface area contributed by atoms with E-state index in [1.807, 2.05) is 13.1 Å². The molecule has 1 unspecified atom stereocenters. The summed E-state index contributed by atoms with van der Waals surface area (Å²) in [5.41, 5.74) is 2.31. The summed E-state index contributed by atoms with van der Waals surface area (Å²) in [7, 11) is 1.98. The van der Waals surface area contributed by atoms with Gasteiger partial charge in [-0.25, -0.2) is 4.98 Å². The molecular weight excluding hydrogens is 224 g/mol. The van der Waals surface area contributed by atoms with E-state index in [4.69, 9.17) is 4.98 Å². The van der Waals surface area contributed by atoms with E-state index in [-0.39, 0.29) is 0 Å². The van der Waals surface area contributed by atoms with Crippen LogP contribution in [-0.4, -0.2) is 29.5 Å². The van der Waals surface area contributed by atoms with E-state index in [0.29, 0.717) is 0 Å². The first-order valence-electron chi connectivity index (χ1n) is 6.65. The predicted octanol–water partition coefficient (Wildman–Crippen LogP) is 1.90. The largest absolute Gasteiger partial charge is 0.355 e. The number of hydrogen-bond donors (Lipinski definition) is 1. The number of nitrogens with zero attached hydrogens (tertiary/aromatic N) is 3. The van der Waals surface area contributed by atoms with E-state index in [1.54, 1.807) is 0 Å². The monoisotopic (exact) mass is 244 g/mol. The smallest absolute Gasteiger partial charge is 0.152 e. The third-order valence-electron chi connectivity index (χ3n) is 3.68. The summed E-state index contributed by atoms with van der Waals surface area (Å²) < 4.78 is 2.19. The van der Waals surface area contributed by atoms with Crippen molar-refractivity contribution in [2.45, 2.75) is 19.9 Å². The molecule has 4 heteroatoms. The van der Waals surface area contributed by atoms with Crippen LogP contribution in [-0.2, 0) is 6.54 Å². The number of pyridine rings is 1. The second-order valence-corrected chi connectivity index (χ2v) is 5.18. The molecule has 1 aliphatic heterocycles. The zero-order valence-corrected chi connectivity index (χ0v) is 11.1. The first-order chi connectivity index (χ1) is 8.79. The van der Waals surface area contributed by atoms with E-state index in [9.17, 15) is 0 Å². The van der Waals surface area contributed by atoms with Gasteiger partial charge >= 0.3 is 0 Å². The van der Waals surface area contributed by atoms with Crippen LogP contribution in [0.2, 0.25) is 0 Å². The van der Waals surface area contributed by atoms with Gasteiger partial charge < -0.3 is 14.6 Å². The van der Waals surface area contributed by atoms with Gasteiger partial charge in [-0.3, -0.25) is 0 Å². The topological polar surface area (TPSA) is 32.6 Å². The van der Waals surface area contributed by atoms with Gasteiger partial charge in [0.05, 0.1) is 5.69 Å². The van der Waals surface area contributed by atoms with Crippen LogP contribution in [0.3, 0.4) is 0 Å². The lowest BCUT2D eigenvalue weighted by Crippen LogP contribution is -2.22. The van der Waals surface area contributed by atoms with Crippen LogP contribution in [0.4, 0.5) is 5.82 Å². The number of imidazole rings is 1. The molecule has 0 radical (unpaired) electrons. The molecule has 3 heterocycles. The van der Waals surface area contributed by atoms with E-state index < -0.39 is 0 Å². The fourth-order valence-corrected chi connectivity index (χ4v) is 2.75. The molecule has 2 aromatic rings. The first-order valence-corrected chi connectivity index (χ1v) is 6.65. The molecule has 1 N–H and O–H groups in total. The van der Waals surface area contributed by atoms with E-state index >= 15 is 0 Å². The Labute approximate surface area is 108 Å². The second-order valence-electron chi connectivity index (χ2n) is 5.18. The number of hydrogen-bond acceptors (Lipinski definition) is 3. The quantitative estimate of drug-likeness (QED) is 0.895. The summed E-state index contributed by atoms with van der Waals surface area (Å²) in [5, 5.41) is 3.25. The summed E-state index contributed by atoms with van der Waals surface area (Å²) in [5.74, 6) is 1.93. The highest BCUT2D eigenvalue weighted by molar-refractivity contribution is 5.56. The highest BCUT2D eigenvalue weighted by Gasteiger charge is 2.24. The van der Waals surface area contributed by atoms with Crippen molar-refractivity contribution in [2.75, 3.05) is 25.0 Å². The summed E-state index contributed by atoms with van der Waals surface area (Å²) >= 11 is 0. The highest BCUT2D eigenvalue weighted by Crippen LogP contribution is 2.27. The van der Waals surface area contributed by atoms with Crippen molar-refractivity contribution < 1.29 is 0 Å². The second kappa shape index (κ2) is 4.61. The van der Waals surface area contributed by atoms with Crippen molar-refractivity contribution in [3.8, 4) is 0 Å². The summed E-state index contributed by atoms with van der Waals surface area (Å²) in [4.78, 5) is 7.22. The lowest BCUT2D eigenvalue weighted by atomic mass is 10.2. The van der Waals surface area contributed by atoms with Crippen LogP contribution in [0.1, 0.15) is 19.0 Å². The third-order valence-corrected chi connectivity index (χ3v) is 3.68. The van der Waals surface area contributed by atoms with Crippen molar-refractivity contribution in [3.05, 3.63) is 30.1 Å². The van der Waals surface area contributed by atoms with Crippen LogP contribution in [0, 0.1) is 5.92 Å². The van der Waals surface area contributed by atoms with E-state index in [1.165, 1.54) is 12.1 Å². The number of aromatic nitrogens is 2. The zero-order chi connectivity index (χ0) is 12.5. The predicted molar refractivity (Wildman–Crippen MR) is 73.9 cm³/mol. The van der Waals surface area contributed by atoms with Gasteiger partial charge in [0.15, 0.2) is 5.82 Å². The maximum absolute atomic E-state index is 4.80. The van der Waals surface area contributed by atoms with Crippen molar-refractivity contribution in [1.29, 1.82) is 0 Å². The molecule has 1 aliphatic rings. The van der Waals surface area contributed by atoms with E-state index in [2.05, 4.69) is 39.9 Å². The minimum Gasteiger partial charge on any atom is -0.355 e. The van der Waals surface area contributed by atoms with Gasteiger partial charge in [0.1, 0.15) is 5.65 Å². The molecule has 96 valence electrons. The Morgan fingerprint density at radius 3 is 3.06 bits per heavy atom. The summed E-state index contributed by atoms with van der Waals surface area (Å²) in [6.45, 7) is 5.42. The maximum Gasteiger partial charge on any atom is 0.152 e. The van der Waals surface area contributed by atoms with Crippen LogP contribution >= 0.6 is 0 Å². The lowest BCUT2D eigenvalue weighted by molar-refractivity contribution is 0.658. The Morgan fingerprint density at radius 2 is 2.33 bits per heavy atom. The molecule has 2 aromatic heterocycles. The van der Waals surface area contributed by atoms with Crippen LogP contribution in [0.15, 0.2) is 24.4 Å². The van der Waals surface area contributed by atoms with Crippen LogP contribution in [0.5, 0.6) is 0 Å². The van der Waals surface area contributed by atoms with Gasteiger partial charge in [-0.2, -0.15) is 0 Å². The molecule has 0 bridgehead atoms. The number of nitrogens with one attached hydrogen (secondary N) is 1. The minimum atomic E-state index is 0.775. The molecule has 1 saturated heterocycles. The number of rotatable bonds is 3. The van der Waals surface area contributed by atoms with Crippen LogP contribution < -0.4 is 10.2 Å². The number of fused-ring (bicyclic) bond motifs is 1. The lowest BCUT2D eigenvalue weighted by Gasteiger charge is -2.17. The maximum atomic E-state index is 4.80. The van der Waals surface area contributed by atoms with Gasteiger partial charge in [-0.1, -0.05) is 13.0 Å².